The maximum atomic E-state index is 11.6. The lowest BCUT2D eigenvalue weighted by atomic mass is 10.4. The van der Waals surface area contributed by atoms with Gasteiger partial charge in [-0.05, 0) is 6.26 Å². The van der Waals surface area contributed by atoms with Gasteiger partial charge in [0, 0.05) is 20.3 Å². The van der Waals surface area contributed by atoms with E-state index < -0.39 is 0 Å². The van der Waals surface area contributed by atoms with Crippen LogP contribution in [-0.2, 0) is 11.9 Å². The summed E-state index contributed by atoms with van der Waals surface area (Å²) in [4.78, 5) is 20.5. The molecule has 0 aliphatic rings. The first kappa shape index (κ1) is 11.1. The fraction of sp³-hybridized carbons (Fsp3) is 0.500. The van der Waals surface area contributed by atoms with Crippen LogP contribution in [0, 0.1) is 0 Å². The molecule has 1 aromatic rings. The van der Waals surface area contributed by atoms with E-state index in [-0.39, 0.29) is 5.91 Å². The van der Waals surface area contributed by atoms with Crippen molar-refractivity contribution >= 4 is 17.7 Å². The Morgan fingerprint density at radius 3 is 2.79 bits per heavy atom. The maximum Gasteiger partial charge on any atom is 0.297 e. The lowest BCUT2D eigenvalue weighted by Gasteiger charge is -2.10. The minimum Gasteiger partial charge on any atom is -0.328 e. The van der Waals surface area contributed by atoms with Crippen LogP contribution in [0.1, 0.15) is 10.5 Å². The molecule has 0 atom stereocenters. The number of imidazole rings is 1. The van der Waals surface area contributed by atoms with Crippen LogP contribution in [0.5, 0.6) is 0 Å². The number of amides is 1. The van der Waals surface area contributed by atoms with Crippen LogP contribution in [0.15, 0.2) is 11.4 Å². The Morgan fingerprint density at radius 1 is 1.71 bits per heavy atom. The molecule has 1 rings (SSSR count). The van der Waals surface area contributed by atoms with Crippen molar-refractivity contribution in [3.05, 3.63) is 11.9 Å². The Kier molecular flexibility index (Phi) is 3.54. The summed E-state index contributed by atoms with van der Waals surface area (Å²) in [6.45, 7) is 0. The van der Waals surface area contributed by atoms with Crippen molar-refractivity contribution in [2.24, 2.45) is 7.05 Å². The number of hydrogen-bond donors (Lipinski definition) is 0. The molecule has 6 heteroatoms. The number of aryl methyl sites for hydroxylation is 1. The van der Waals surface area contributed by atoms with E-state index in [1.54, 1.807) is 17.8 Å². The van der Waals surface area contributed by atoms with Crippen LogP contribution in [0.3, 0.4) is 0 Å². The number of carbonyl (C=O) groups excluding carboxylic acids is 1. The van der Waals surface area contributed by atoms with Crippen molar-refractivity contribution in [1.29, 1.82) is 0 Å². The normalized spacial score (nSPS) is 10.3. The van der Waals surface area contributed by atoms with Crippen molar-refractivity contribution < 1.29 is 9.63 Å². The zero-order valence-corrected chi connectivity index (χ0v) is 9.46. The van der Waals surface area contributed by atoms with Gasteiger partial charge in [-0.15, -0.1) is 0 Å². The molecular weight excluding hydrogens is 202 g/mol. The molecule has 0 aliphatic heterocycles. The van der Waals surface area contributed by atoms with E-state index in [0.717, 1.165) is 10.2 Å². The zero-order valence-electron chi connectivity index (χ0n) is 8.64. The Hall–Kier alpha value is -1.01. The Labute approximate surface area is 87.0 Å². The summed E-state index contributed by atoms with van der Waals surface area (Å²) in [5.74, 6) is -0.247. The van der Waals surface area contributed by atoms with Crippen LogP contribution < -0.4 is 0 Å². The second kappa shape index (κ2) is 4.47. The van der Waals surface area contributed by atoms with Crippen LogP contribution in [-0.4, -0.2) is 40.9 Å². The molecule has 0 aromatic carbocycles. The number of rotatable bonds is 3. The molecule has 1 amide bonds. The van der Waals surface area contributed by atoms with Gasteiger partial charge in [0.15, 0.2) is 5.16 Å². The highest BCUT2D eigenvalue weighted by Crippen LogP contribution is 2.13. The summed E-state index contributed by atoms with van der Waals surface area (Å²) < 4.78 is 1.81. The fourth-order valence-corrected chi connectivity index (χ4v) is 1.52. The number of thioether (sulfide) groups is 1. The minimum absolute atomic E-state index is 0.247. The van der Waals surface area contributed by atoms with E-state index in [1.807, 2.05) is 13.3 Å². The summed E-state index contributed by atoms with van der Waals surface area (Å²) in [5.41, 5.74) is 0.390. The molecule has 0 fully saturated rings. The summed E-state index contributed by atoms with van der Waals surface area (Å²) in [5, 5.41) is 1.95. The number of carbonyl (C=O) groups is 1. The first-order valence-electron chi connectivity index (χ1n) is 3.99. The fourth-order valence-electron chi connectivity index (χ4n) is 0.986. The predicted molar refractivity (Wildman–Crippen MR) is 54.1 cm³/mol. The third-order valence-corrected chi connectivity index (χ3v) is 2.54. The van der Waals surface area contributed by atoms with Gasteiger partial charge in [-0.2, -0.15) is 0 Å². The standard InChI is InChI=1S/C8H13N3O2S/c1-10-5-6(9-8(10)14-4)7(12)11(2)13-3/h5H,1-4H3. The van der Waals surface area contributed by atoms with E-state index in [0.29, 0.717) is 5.69 Å². The molecule has 0 unspecified atom stereocenters. The topological polar surface area (TPSA) is 47.4 Å². The van der Waals surface area contributed by atoms with Gasteiger partial charge in [0.05, 0.1) is 7.11 Å². The van der Waals surface area contributed by atoms with E-state index in [2.05, 4.69) is 4.98 Å². The number of hydrogen-bond acceptors (Lipinski definition) is 4. The van der Waals surface area contributed by atoms with Crippen LogP contribution in [0.4, 0.5) is 0 Å². The molecule has 0 radical (unpaired) electrons. The number of nitrogens with zero attached hydrogens (tertiary/aromatic N) is 3. The summed E-state index contributed by atoms with van der Waals surface area (Å²) in [7, 11) is 4.84. The summed E-state index contributed by atoms with van der Waals surface area (Å²) >= 11 is 1.49. The molecule has 78 valence electrons. The van der Waals surface area contributed by atoms with Gasteiger partial charge in [0.1, 0.15) is 5.69 Å². The Morgan fingerprint density at radius 2 is 2.36 bits per heavy atom. The van der Waals surface area contributed by atoms with Gasteiger partial charge in [0.25, 0.3) is 5.91 Å². The van der Waals surface area contributed by atoms with Crippen LogP contribution in [0.2, 0.25) is 0 Å². The monoisotopic (exact) mass is 215 g/mol. The van der Waals surface area contributed by atoms with Gasteiger partial charge in [-0.25, -0.2) is 10.0 Å². The maximum absolute atomic E-state index is 11.6. The molecule has 5 nitrogen and oxygen atoms in total. The SMILES string of the molecule is CON(C)C(=O)c1cn(C)c(SC)n1. The smallest absolute Gasteiger partial charge is 0.297 e. The van der Waals surface area contributed by atoms with E-state index in [9.17, 15) is 4.79 Å². The molecule has 0 saturated carbocycles. The quantitative estimate of drug-likeness (QED) is 0.552. The second-order valence-corrected chi connectivity index (χ2v) is 3.48. The second-order valence-electron chi connectivity index (χ2n) is 2.71. The van der Waals surface area contributed by atoms with Crippen molar-refractivity contribution in [1.82, 2.24) is 14.6 Å². The van der Waals surface area contributed by atoms with Gasteiger partial charge in [0.2, 0.25) is 0 Å². The number of hydroxylamine groups is 2. The van der Waals surface area contributed by atoms with Gasteiger partial charge < -0.3 is 4.57 Å². The first-order chi connectivity index (χ1) is 6.60. The molecule has 0 N–H and O–H groups in total. The van der Waals surface area contributed by atoms with Crippen molar-refractivity contribution in [2.45, 2.75) is 5.16 Å². The minimum atomic E-state index is -0.247. The van der Waals surface area contributed by atoms with Crippen LogP contribution >= 0.6 is 11.8 Å². The number of aromatic nitrogens is 2. The van der Waals surface area contributed by atoms with E-state index in [1.165, 1.54) is 18.9 Å². The average molecular weight is 215 g/mol. The Balaban J connectivity index is 2.91. The lowest BCUT2D eigenvalue weighted by Crippen LogP contribution is -2.25. The van der Waals surface area contributed by atoms with Crippen molar-refractivity contribution in [3.63, 3.8) is 0 Å². The van der Waals surface area contributed by atoms with Crippen LogP contribution in [0.25, 0.3) is 0 Å². The molecule has 1 aromatic heterocycles. The molecular formula is C8H13N3O2S. The highest BCUT2D eigenvalue weighted by atomic mass is 32.2. The molecule has 0 saturated heterocycles. The van der Waals surface area contributed by atoms with Crippen molar-refractivity contribution in [3.8, 4) is 0 Å². The summed E-state index contributed by atoms with van der Waals surface area (Å²) in [6.07, 6.45) is 3.60. The van der Waals surface area contributed by atoms with Gasteiger partial charge in [-0.3, -0.25) is 9.63 Å². The molecule has 0 spiro atoms. The van der Waals surface area contributed by atoms with Crippen molar-refractivity contribution in [2.75, 3.05) is 20.4 Å². The highest BCUT2D eigenvalue weighted by molar-refractivity contribution is 7.98. The highest BCUT2D eigenvalue weighted by Gasteiger charge is 2.16. The molecule has 0 bridgehead atoms. The molecule has 0 aliphatic carbocycles. The van der Waals surface area contributed by atoms with E-state index in [4.69, 9.17) is 4.84 Å². The molecule has 14 heavy (non-hydrogen) atoms. The largest absolute Gasteiger partial charge is 0.328 e. The average Bonchev–Trinajstić information content (AvgIpc) is 2.57. The zero-order chi connectivity index (χ0) is 10.7. The first-order valence-corrected chi connectivity index (χ1v) is 5.22. The third-order valence-electron chi connectivity index (χ3n) is 1.80. The third kappa shape index (κ3) is 2.08. The molecule has 1 heterocycles. The van der Waals surface area contributed by atoms with Gasteiger partial charge in [-0.1, -0.05) is 11.8 Å². The lowest BCUT2D eigenvalue weighted by molar-refractivity contribution is -0.0760. The van der Waals surface area contributed by atoms with Gasteiger partial charge >= 0.3 is 0 Å². The predicted octanol–water partition coefficient (Wildman–Crippen LogP) is 0.775. The summed E-state index contributed by atoms with van der Waals surface area (Å²) in [6, 6.07) is 0. The Bertz CT molecular complexity index is 337. The van der Waals surface area contributed by atoms with E-state index >= 15 is 0 Å².